The molecule has 0 spiro atoms. The lowest BCUT2D eigenvalue weighted by molar-refractivity contribution is -0.119. The molecule has 0 saturated carbocycles. The van der Waals surface area contributed by atoms with Crippen LogP contribution in [0.3, 0.4) is 0 Å². The minimum Gasteiger partial charge on any atom is -0.494 e. The van der Waals surface area contributed by atoms with E-state index >= 15 is 0 Å². The van der Waals surface area contributed by atoms with Crippen LogP contribution in [-0.2, 0) is 20.2 Å². The number of ether oxygens (including phenoxy) is 2. The fourth-order valence-electron chi connectivity index (χ4n) is 3.05. The van der Waals surface area contributed by atoms with Gasteiger partial charge in [-0.15, -0.1) is 11.6 Å². The van der Waals surface area contributed by atoms with Gasteiger partial charge in [0.05, 0.1) is 31.0 Å². The Balaban J connectivity index is 2.12. The molecular weight excluding hydrogens is 452 g/mol. The van der Waals surface area contributed by atoms with E-state index in [0.717, 1.165) is 29.6 Å². The topological polar surface area (TPSA) is 105 Å². The number of carbonyl (C=O) groups is 1. The average molecular weight is 479 g/mol. The number of sulfonamides is 1. The van der Waals surface area contributed by atoms with Gasteiger partial charge in [0.15, 0.2) is 5.78 Å². The van der Waals surface area contributed by atoms with Crippen molar-refractivity contribution < 1.29 is 22.7 Å². The summed E-state index contributed by atoms with van der Waals surface area (Å²) in [6.07, 6.45) is 1.75. The number of rotatable bonds is 12. The van der Waals surface area contributed by atoms with E-state index in [1.807, 2.05) is 38.1 Å². The molecule has 2 aromatic rings. The summed E-state index contributed by atoms with van der Waals surface area (Å²) in [6.45, 7) is 3.95. The number of halogens is 1. The van der Waals surface area contributed by atoms with Crippen molar-refractivity contribution in [3.63, 3.8) is 0 Å². The second kappa shape index (κ2) is 11.3. The van der Waals surface area contributed by atoms with Crippen LogP contribution in [0.5, 0.6) is 11.5 Å². The Labute approximate surface area is 194 Å². The Hall–Kier alpha value is -2.60. The quantitative estimate of drug-likeness (QED) is 0.370. The van der Waals surface area contributed by atoms with E-state index in [1.54, 1.807) is 18.2 Å². The molecule has 0 heterocycles. The van der Waals surface area contributed by atoms with Gasteiger partial charge in [-0.3, -0.25) is 4.79 Å². The van der Waals surface area contributed by atoms with E-state index < -0.39 is 21.2 Å². The molecule has 0 fully saturated rings. The summed E-state index contributed by atoms with van der Waals surface area (Å²) in [7, 11) is -3.45. The van der Waals surface area contributed by atoms with Crippen molar-refractivity contribution in [2.45, 2.75) is 25.7 Å². The van der Waals surface area contributed by atoms with Gasteiger partial charge >= 0.3 is 0 Å². The minimum atomic E-state index is -3.45. The van der Waals surface area contributed by atoms with E-state index in [2.05, 4.69) is 10.8 Å². The molecule has 0 bridgehead atoms. The fourth-order valence-corrected chi connectivity index (χ4v) is 3.58. The van der Waals surface area contributed by atoms with Gasteiger partial charge in [0, 0.05) is 11.3 Å². The van der Waals surface area contributed by atoms with Crippen molar-refractivity contribution in [1.82, 2.24) is 4.72 Å². The van der Waals surface area contributed by atoms with Crippen molar-refractivity contribution in [2.75, 3.05) is 31.9 Å². The highest BCUT2D eigenvalue weighted by Crippen LogP contribution is 2.35. The molecule has 0 radical (unpaired) electrons. The number of hydrogen-bond donors (Lipinski definition) is 1. The summed E-state index contributed by atoms with van der Waals surface area (Å²) in [5.41, 5.74) is 1.78. The van der Waals surface area contributed by atoms with Crippen LogP contribution in [0.15, 0.2) is 42.5 Å². The molecule has 0 aliphatic heterocycles. The Morgan fingerprint density at radius 2 is 1.78 bits per heavy atom. The molecule has 172 valence electrons. The molecule has 0 atom stereocenters. The van der Waals surface area contributed by atoms with Crippen LogP contribution in [0.1, 0.15) is 37.0 Å². The van der Waals surface area contributed by atoms with Gasteiger partial charge in [0.25, 0.3) is 0 Å². The summed E-state index contributed by atoms with van der Waals surface area (Å²) >= 11 is 5.67. The monoisotopic (exact) mass is 478 g/mol. The molecule has 32 heavy (non-hydrogen) atoms. The lowest BCUT2D eigenvalue weighted by atomic mass is 9.76. The number of nitriles is 1. The normalized spacial score (nSPS) is 11.6. The average Bonchev–Trinajstić information content (AvgIpc) is 2.76. The molecule has 0 aliphatic carbocycles. The number of benzene rings is 2. The van der Waals surface area contributed by atoms with Crippen molar-refractivity contribution >= 4 is 27.4 Å². The number of carbonyl (C=O) groups excluding carboxylic acids is 1. The number of nitrogens with one attached hydrogen (secondary N) is 1. The maximum absolute atomic E-state index is 11.8. The molecule has 9 heteroatoms. The van der Waals surface area contributed by atoms with Crippen LogP contribution in [0, 0.1) is 11.3 Å². The van der Waals surface area contributed by atoms with Crippen LogP contribution in [0.2, 0.25) is 0 Å². The fraction of sp³-hybridized carbons (Fsp3) is 0.391. The largest absolute Gasteiger partial charge is 0.494 e. The van der Waals surface area contributed by atoms with Gasteiger partial charge in [-0.1, -0.05) is 32.0 Å². The van der Waals surface area contributed by atoms with Crippen molar-refractivity contribution in [3.8, 4) is 17.6 Å². The van der Waals surface area contributed by atoms with Crippen LogP contribution in [0.25, 0.3) is 0 Å². The molecule has 0 aliphatic rings. The zero-order valence-corrected chi connectivity index (χ0v) is 19.9. The highest BCUT2D eigenvalue weighted by molar-refractivity contribution is 7.88. The summed E-state index contributed by atoms with van der Waals surface area (Å²) in [4.78, 5) is 11.8. The molecule has 1 N–H and O–H groups in total. The van der Waals surface area contributed by atoms with Crippen LogP contribution >= 0.6 is 11.6 Å². The third-order valence-electron chi connectivity index (χ3n) is 4.84. The third kappa shape index (κ3) is 7.52. The Bertz CT molecular complexity index is 1080. The first-order valence-electron chi connectivity index (χ1n) is 10.00. The summed E-state index contributed by atoms with van der Waals surface area (Å²) < 4.78 is 35.4. The lowest BCUT2D eigenvalue weighted by Gasteiger charge is -2.27. The van der Waals surface area contributed by atoms with Crippen molar-refractivity contribution in [2.24, 2.45) is 0 Å². The summed E-state index contributed by atoms with van der Waals surface area (Å²) in [6, 6.07) is 15.0. The van der Waals surface area contributed by atoms with E-state index in [0.29, 0.717) is 23.8 Å². The van der Waals surface area contributed by atoms with Crippen molar-refractivity contribution in [1.29, 1.82) is 5.26 Å². The summed E-state index contributed by atoms with van der Waals surface area (Å²) in [5.74, 6) is 1.24. The number of hydrogen-bond acceptors (Lipinski definition) is 6. The number of alkyl halides is 1. The minimum absolute atomic E-state index is 0.304. The maximum Gasteiger partial charge on any atom is 0.209 e. The number of ketones is 1. The lowest BCUT2D eigenvalue weighted by Crippen LogP contribution is -2.31. The highest BCUT2D eigenvalue weighted by atomic mass is 35.5. The first-order chi connectivity index (χ1) is 15.1. The zero-order chi connectivity index (χ0) is 23.8. The van der Waals surface area contributed by atoms with Crippen LogP contribution in [-0.4, -0.2) is 46.1 Å². The number of Topliss-reactive ketones (excluding diaryl/α,β-unsaturated/α-hetero) is 1. The first kappa shape index (κ1) is 25.7. The van der Waals surface area contributed by atoms with Gasteiger partial charge < -0.3 is 9.47 Å². The van der Waals surface area contributed by atoms with E-state index in [9.17, 15) is 18.5 Å². The zero-order valence-electron chi connectivity index (χ0n) is 18.4. The number of nitrogens with zero attached hydrogens (tertiary/aromatic N) is 1. The molecular formula is C23H27ClN2O5S. The van der Waals surface area contributed by atoms with Gasteiger partial charge in [-0.25, -0.2) is 13.1 Å². The standard InChI is InChI=1S/C23H27ClN2O5S/c1-23(2,18-5-7-20(8-6-18)30-12-4-11-24)22-10-9-21(13-17(22)14-25)31-16-19(27)15-26-32(3,28)29/h5-10,13,26H,4,11-12,15-16H2,1-3H3. The summed E-state index contributed by atoms with van der Waals surface area (Å²) in [5, 5.41) is 9.69. The van der Waals surface area contributed by atoms with Crippen LogP contribution in [0.4, 0.5) is 0 Å². The third-order valence-corrected chi connectivity index (χ3v) is 5.77. The predicted octanol–water partition coefficient (Wildman–Crippen LogP) is 3.39. The molecule has 2 rings (SSSR count). The first-order valence-corrected chi connectivity index (χ1v) is 12.4. The second-order valence-corrected chi connectivity index (χ2v) is 9.99. The maximum atomic E-state index is 11.8. The molecule has 0 amide bonds. The second-order valence-electron chi connectivity index (χ2n) is 7.78. The van der Waals surface area contributed by atoms with E-state index in [1.165, 1.54) is 0 Å². The predicted molar refractivity (Wildman–Crippen MR) is 124 cm³/mol. The van der Waals surface area contributed by atoms with Gasteiger partial charge in [-0.05, 0) is 41.8 Å². The van der Waals surface area contributed by atoms with Crippen molar-refractivity contribution in [3.05, 3.63) is 59.2 Å². The molecule has 0 unspecified atom stereocenters. The van der Waals surface area contributed by atoms with Gasteiger partial charge in [-0.2, -0.15) is 5.26 Å². The molecule has 7 nitrogen and oxygen atoms in total. The molecule has 2 aromatic carbocycles. The Morgan fingerprint density at radius 1 is 1.12 bits per heavy atom. The SMILES string of the molecule is CC(C)(c1ccc(OCCCCl)cc1)c1ccc(OCC(=O)CNS(C)(=O)=O)cc1C#N. The van der Waals surface area contributed by atoms with Crippen LogP contribution < -0.4 is 14.2 Å². The Morgan fingerprint density at radius 3 is 2.38 bits per heavy atom. The highest BCUT2D eigenvalue weighted by Gasteiger charge is 2.26. The van der Waals surface area contributed by atoms with E-state index in [-0.39, 0.29) is 13.2 Å². The molecule has 0 saturated heterocycles. The van der Waals surface area contributed by atoms with Gasteiger partial charge in [0.2, 0.25) is 10.0 Å². The van der Waals surface area contributed by atoms with Gasteiger partial charge in [0.1, 0.15) is 18.1 Å². The Kier molecular flexibility index (Phi) is 9.08. The van der Waals surface area contributed by atoms with E-state index in [4.69, 9.17) is 21.1 Å². The molecule has 0 aromatic heterocycles. The smallest absolute Gasteiger partial charge is 0.209 e.